The Morgan fingerprint density at radius 3 is 0.936 bits per heavy atom. The van der Waals surface area contributed by atoms with Crippen molar-refractivity contribution in [1.82, 2.24) is 0 Å². The molecule has 94 heavy (non-hydrogen) atoms. The molecule has 0 atom stereocenters. The summed E-state index contributed by atoms with van der Waals surface area (Å²) in [7, 11) is -9.65. The Kier molecular flexibility index (Phi) is 27.8. The van der Waals surface area contributed by atoms with E-state index in [2.05, 4.69) is 51.5 Å². The summed E-state index contributed by atoms with van der Waals surface area (Å²) in [5, 5.41) is 163. The van der Waals surface area contributed by atoms with Gasteiger partial charge in [-0.1, -0.05) is 0 Å². The Morgan fingerprint density at radius 1 is 0.340 bits per heavy atom. The zero-order valence-electron chi connectivity index (χ0n) is 47.3. The van der Waals surface area contributed by atoms with Gasteiger partial charge in [-0.25, -0.2) is 0 Å². The monoisotopic (exact) mass is 1400 g/mol. The minimum absolute atomic E-state index is 0. The van der Waals surface area contributed by atoms with Gasteiger partial charge in [-0.2, -0.15) is 27.1 Å². The summed E-state index contributed by atoms with van der Waals surface area (Å²) in [6.45, 7) is 0. The van der Waals surface area contributed by atoms with Crippen molar-refractivity contribution in [3.05, 3.63) is 194 Å². The number of azo groups is 4. The topological polar surface area (TPSA) is 612 Å². The first-order chi connectivity index (χ1) is 42.3. The Balaban J connectivity index is 0.000000470. The summed E-state index contributed by atoms with van der Waals surface area (Å²) < 4.78 is 65.9. The predicted octanol–water partition coefficient (Wildman–Crippen LogP) is 3.71. The van der Waals surface area contributed by atoms with Crippen LogP contribution in [0, 0.1) is 60.7 Å². The number of nitro groups is 6. The van der Waals surface area contributed by atoms with Gasteiger partial charge in [0.05, 0.1) is 64.4 Å². The van der Waals surface area contributed by atoms with Gasteiger partial charge >= 0.3 is 100 Å². The van der Waals surface area contributed by atoms with E-state index >= 15 is 0 Å². The first-order valence-electron chi connectivity index (χ1n) is 23.7. The van der Waals surface area contributed by atoms with Gasteiger partial charge in [-0.05, 0) is 84.9 Å². The van der Waals surface area contributed by atoms with Crippen molar-refractivity contribution in [2.45, 2.75) is 9.79 Å². The van der Waals surface area contributed by atoms with E-state index in [-0.39, 0.29) is 152 Å². The average Bonchev–Trinajstić information content (AvgIpc) is 0.864. The van der Waals surface area contributed by atoms with E-state index < -0.39 is 151 Å². The second-order valence-corrected chi connectivity index (χ2v) is 20.0. The fourth-order valence-corrected chi connectivity index (χ4v) is 8.48. The zero-order chi connectivity index (χ0) is 66.1. The smallest absolute Gasteiger partial charge is 0.505 e. The summed E-state index contributed by atoms with van der Waals surface area (Å²) in [5.74, 6) is -4.91. The predicted molar refractivity (Wildman–Crippen MR) is 304 cm³/mol. The minimum atomic E-state index is -4.82. The number of nitro benzene ring substituents is 6. The molecule has 466 valence electrons. The number of phenols is 6. The van der Waals surface area contributed by atoms with Crippen molar-refractivity contribution in [2.75, 3.05) is 10.6 Å². The van der Waals surface area contributed by atoms with Crippen LogP contribution in [0.3, 0.4) is 0 Å². The number of rotatable bonds is 20. The van der Waals surface area contributed by atoms with Crippen LogP contribution in [0.5, 0.6) is 34.5 Å². The van der Waals surface area contributed by atoms with E-state index in [1.165, 1.54) is 48.5 Å². The molecule has 0 aliphatic heterocycles. The van der Waals surface area contributed by atoms with Gasteiger partial charge in [0, 0.05) is 65.1 Å². The summed E-state index contributed by atoms with van der Waals surface area (Å²) in [5.41, 5.74) is -7.19. The van der Waals surface area contributed by atoms with Gasteiger partial charge in [0.1, 0.15) is 44.0 Å². The van der Waals surface area contributed by atoms with Gasteiger partial charge in [0.2, 0.25) is 11.5 Å². The van der Waals surface area contributed by atoms with Crippen molar-refractivity contribution in [3.63, 3.8) is 0 Å². The van der Waals surface area contributed by atoms with E-state index in [1.807, 2.05) is 0 Å². The van der Waals surface area contributed by atoms with E-state index in [0.717, 1.165) is 48.5 Å². The molecule has 0 heterocycles. The van der Waals surface area contributed by atoms with Gasteiger partial charge in [-0.15, -0.1) is 30.7 Å². The van der Waals surface area contributed by atoms with Crippen molar-refractivity contribution in [1.29, 1.82) is 0 Å². The van der Waals surface area contributed by atoms with Gasteiger partial charge < -0.3 is 41.3 Å². The molecule has 40 nitrogen and oxygen atoms in total. The van der Waals surface area contributed by atoms with Crippen molar-refractivity contribution < 1.29 is 192 Å². The second-order valence-electron chi connectivity index (χ2n) is 17.3. The van der Waals surface area contributed by atoms with Crippen LogP contribution in [0.25, 0.3) is 0 Å². The molecule has 8 rings (SSSR count). The molecule has 0 saturated carbocycles. The Labute approximate surface area is 599 Å². The first-order valence-corrected chi connectivity index (χ1v) is 26.5. The Bertz CT molecular complexity index is 4390. The molecule has 8 aromatic rings. The Hall–Kier alpha value is -9.69. The number of anilines is 4. The quantitative estimate of drug-likeness (QED) is 0.0171. The molecule has 0 unspecified atom stereocenters. The molecule has 46 heteroatoms. The third-order valence-electron chi connectivity index (χ3n) is 11.4. The number of non-ortho nitro benzene ring substituents is 4. The summed E-state index contributed by atoms with van der Waals surface area (Å²) in [4.78, 5) is 59.3. The van der Waals surface area contributed by atoms with Crippen LogP contribution in [-0.4, -0.2) is 86.1 Å². The number of nitrogens with one attached hydrogen (secondary N) is 2. The maximum Gasteiger partial charge on any atom is 1.00 e. The normalized spacial score (nSPS) is 11.1. The standard InChI is InChI=1S/2C24H16N8O12S.Cr.3Na/c2*33-20-8-7-17(24(35)22(20)29-28-18-9-15(31(38)39)10-19(23(18)34)32(40)41)27-26-13-3-1-12(2-4-13)25-16-6-5-14(30(36)37)11-21(16)45(42,43)44;;;;/h2*1-11,25,33-35H,(H,42,43,44);;;;/q;;;3*+1. The van der Waals surface area contributed by atoms with Crippen molar-refractivity contribution in [2.24, 2.45) is 40.9 Å². The van der Waals surface area contributed by atoms with E-state index in [1.54, 1.807) is 0 Å². The molecule has 0 radical (unpaired) electrons. The molecule has 0 aromatic heterocycles. The second kappa shape index (κ2) is 33.2. The molecule has 0 aliphatic rings. The fraction of sp³-hybridized carbons (Fsp3) is 0. The van der Waals surface area contributed by atoms with Crippen LogP contribution < -0.4 is 99.3 Å². The summed E-state index contributed by atoms with van der Waals surface area (Å²) >= 11 is 0. The van der Waals surface area contributed by atoms with Crippen LogP contribution in [0.2, 0.25) is 0 Å². The molecule has 0 fully saturated rings. The minimum Gasteiger partial charge on any atom is -0.505 e. The zero-order valence-corrected chi connectivity index (χ0v) is 56.2. The number of hydrogen-bond donors (Lipinski definition) is 10. The molecule has 0 bridgehead atoms. The molecular weight excluding hydrogens is 1370 g/mol. The SMILES string of the molecule is O=[N+]([O-])c1cc(N=Nc2c(O)ccc(N=Nc3ccc(Nc4ccc([N+](=O)[O-])cc4S(=O)(=O)O)cc3)c2O)c(O)c([N+](=O)[O-])c1.O=[N+]([O-])c1cc(N=Nc2c(O)ccc(N=Nc3ccc(Nc4ccc([N+](=O)[O-])cc4S(=O)(=O)O)cc3)c2O)c(O)c([N+](=O)[O-])c1.[Cr].[Na+].[Na+].[Na+]. The van der Waals surface area contributed by atoms with Gasteiger partial charge in [-0.3, -0.25) is 69.8 Å². The Morgan fingerprint density at radius 2 is 0.649 bits per heavy atom. The fourth-order valence-electron chi connectivity index (χ4n) is 7.14. The van der Waals surface area contributed by atoms with Crippen LogP contribution in [0.15, 0.2) is 184 Å². The number of phenolic OH excluding ortho intramolecular Hbond substituents is 6. The maximum absolute atomic E-state index is 11.7. The molecule has 8 aromatic carbocycles. The summed E-state index contributed by atoms with van der Waals surface area (Å²) in [6.07, 6.45) is 0. The number of hydrogen-bond acceptors (Lipinski definition) is 32. The van der Waals surface area contributed by atoms with Gasteiger partial charge in [0.25, 0.3) is 43.0 Å². The van der Waals surface area contributed by atoms with Crippen LogP contribution in [0.4, 0.5) is 102 Å². The van der Waals surface area contributed by atoms with Crippen LogP contribution in [0.1, 0.15) is 0 Å². The van der Waals surface area contributed by atoms with Crippen molar-refractivity contribution in [3.8, 4) is 34.5 Å². The third kappa shape index (κ3) is 19.7. The van der Waals surface area contributed by atoms with E-state index in [4.69, 9.17) is 0 Å². The third-order valence-corrected chi connectivity index (χ3v) is 13.2. The van der Waals surface area contributed by atoms with Crippen LogP contribution in [-0.2, 0) is 37.6 Å². The summed E-state index contributed by atoms with van der Waals surface area (Å²) in [6, 6.07) is 23.7. The molecule has 0 saturated heterocycles. The number of aromatic hydroxyl groups is 6. The maximum atomic E-state index is 11.7. The average molecular weight is 1400 g/mol. The number of benzene rings is 8. The molecule has 0 spiro atoms. The number of nitrogens with zero attached hydrogens (tertiary/aromatic N) is 14. The van der Waals surface area contributed by atoms with Gasteiger partial charge in [0.15, 0.2) is 22.9 Å². The largest absolute Gasteiger partial charge is 1.00 e. The van der Waals surface area contributed by atoms with E-state index in [0.29, 0.717) is 36.4 Å². The van der Waals surface area contributed by atoms with Crippen LogP contribution >= 0.6 is 0 Å². The molecular formula is C48H32CrN16Na3O24S2+3. The molecule has 0 amide bonds. The van der Waals surface area contributed by atoms with Crippen molar-refractivity contribution >= 4 is 123 Å². The molecule has 0 aliphatic carbocycles. The molecule has 10 N–H and O–H groups in total. The van der Waals surface area contributed by atoms with E-state index in [9.17, 15) is 117 Å². The first kappa shape index (κ1) is 78.6.